The number of nitrogens with one attached hydrogen (secondary N) is 2. The van der Waals surface area contributed by atoms with Crippen LogP contribution < -0.4 is 15.5 Å². The minimum atomic E-state index is -0.684. The Kier molecular flexibility index (Phi) is 6.20. The monoisotopic (exact) mass is 399 g/mol. The summed E-state index contributed by atoms with van der Waals surface area (Å²) in [6.07, 6.45) is 5.40. The average molecular weight is 400 g/mol. The molecule has 0 unspecified atom stereocenters. The highest BCUT2D eigenvalue weighted by atomic mass is 16.4. The molecule has 3 aliphatic rings. The molecule has 0 aromatic heterocycles. The molecule has 3 N–H and O–H groups in total. The van der Waals surface area contributed by atoms with Gasteiger partial charge in [0.2, 0.25) is 0 Å². The van der Waals surface area contributed by atoms with Gasteiger partial charge in [-0.1, -0.05) is 0 Å². The van der Waals surface area contributed by atoms with Crippen LogP contribution in [-0.2, 0) is 4.79 Å². The first-order chi connectivity index (χ1) is 14.1. The van der Waals surface area contributed by atoms with Gasteiger partial charge in [-0.3, -0.25) is 9.59 Å². The Morgan fingerprint density at radius 2 is 1.48 bits per heavy atom. The minimum absolute atomic E-state index is 0.225. The molecule has 0 bridgehead atoms. The number of carbonyl (C=O) groups is 2. The van der Waals surface area contributed by atoms with Crippen molar-refractivity contribution in [2.45, 2.75) is 38.5 Å². The molecule has 3 aliphatic heterocycles. The van der Waals surface area contributed by atoms with Gasteiger partial charge in [0, 0.05) is 29.8 Å². The summed E-state index contributed by atoms with van der Waals surface area (Å²) in [5.74, 6) is -0.122. The molecule has 3 saturated heterocycles. The third-order valence-electron chi connectivity index (χ3n) is 7.41. The molecule has 1 aromatic rings. The third-order valence-corrected chi connectivity index (χ3v) is 7.41. The summed E-state index contributed by atoms with van der Waals surface area (Å²) < 4.78 is 0. The lowest BCUT2D eigenvalue weighted by atomic mass is 9.62. The van der Waals surface area contributed by atoms with Gasteiger partial charge in [-0.25, -0.2) is 0 Å². The number of aliphatic carboxylic acids is 1. The van der Waals surface area contributed by atoms with Crippen molar-refractivity contribution in [3.63, 3.8) is 0 Å². The fourth-order valence-corrected chi connectivity index (χ4v) is 5.56. The Morgan fingerprint density at radius 3 is 2.07 bits per heavy atom. The molecule has 3 fully saturated rings. The van der Waals surface area contributed by atoms with Gasteiger partial charge < -0.3 is 20.6 Å². The second-order valence-corrected chi connectivity index (χ2v) is 8.91. The number of Topliss-reactive ketones (excluding diaryl/α,β-unsaturated/α-hetero) is 1. The summed E-state index contributed by atoms with van der Waals surface area (Å²) in [6.45, 7) is 5.39. The fraction of sp³-hybridized carbons (Fsp3) is 0.652. The van der Waals surface area contributed by atoms with E-state index in [4.69, 9.17) is 0 Å². The number of hydrogen-bond donors (Lipinski definition) is 3. The standard InChI is InChI=1S/C23H33N3O3/c27-21(23(9-13-25-14-10-23)19-5-11-24-12-6-19)17-1-3-20(4-2-17)26-15-7-18(8-16-26)22(28)29/h1-4,18-19,24-25H,5-16H2,(H,28,29). The van der Waals surface area contributed by atoms with Crippen LogP contribution in [0.3, 0.4) is 0 Å². The Balaban J connectivity index is 1.48. The molecule has 0 atom stereocenters. The number of nitrogens with zero attached hydrogens (tertiary/aromatic N) is 1. The lowest BCUT2D eigenvalue weighted by molar-refractivity contribution is -0.142. The van der Waals surface area contributed by atoms with Crippen LogP contribution in [0.2, 0.25) is 0 Å². The second kappa shape index (κ2) is 8.84. The molecule has 4 rings (SSSR count). The molecule has 6 heteroatoms. The van der Waals surface area contributed by atoms with Crippen molar-refractivity contribution < 1.29 is 14.7 Å². The van der Waals surface area contributed by atoms with Gasteiger partial charge in [-0.2, -0.15) is 0 Å². The van der Waals surface area contributed by atoms with Crippen molar-refractivity contribution in [1.82, 2.24) is 10.6 Å². The van der Waals surface area contributed by atoms with E-state index in [0.717, 1.165) is 76.2 Å². The summed E-state index contributed by atoms with van der Waals surface area (Å²) in [4.78, 5) is 27.1. The van der Waals surface area contributed by atoms with E-state index in [1.807, 2.05) is 24.3 Å². The lowest BCUT2D eigenvalue weighted by Crippen LogP contribution is -2.49. The Labute approximate surface area is 173 Å². The molecule has 158 valence electrons. The molecular weight excluding hydrogens is 366 g/mol. The molecule has 0 spiro atoms. The Bertz CT molecular complexity index is 713. The van der Waals surface area contributed by atoms with Crippen molar-refractivity contribution in [3.8, 4) is 0 Å². The number of anilines is 1. The van der Waals surface area contributed by atoms with Crippen LogP contribution in [0.15, 0.2) is 24.3 Å². The quantitative estimate of drug-likeness (QED) is 0.660. The van der Waals surface area contributed by atoms with Crippen molar-refractivity contribution in [3.05, 3.63) is 29.8 Å². The Hall–Kier alpha value is -1.92. The van der Waals surface area contributed by atoms with E-state index in [2.05, 4.69) is 15.5 Å². The van der Waals surface area contributed by atoms with Crippen LogP contribution in [0.4, 0.5) is 5.69 Å². The van der Waals surface area contributed by atoms with E-state index in [1.54, 1.807) is 0 Å². The largest absolute Gasteiger partial charge is 0.481 e. The summed E-state index contributed by atoms with van der Waals surface area (Å²) in [6, 6.07) is 8.08. The number of carbonyl (C=O) groups excluding carboxylic acids is 1. The van der Waals surface area contributed by atoms with E-state index in [1.165, 1.54) is 0 Å². The maximum absolute atomic E-state index is 13.7. The highest BCUT2D eigenvalue weighted by molar-refractivity contribution is 6.01. The molecule has 0 radical (unpaired) electrons. The zero-order chi connectivity index (χ0) is 20.3. The number of carboxylic acid groups (broad SMARTS) is 1. The fourth-order valence-electron chi connectivity index (χ4n) is 5.56. The van der Waals surface area contributed by atoms with Crippen molar-refractivity contribution in [2.24, 2.45) is 17.3 Å². The first-order valence-corrected chi connectivity index (χ1v) is 11.1. The first kappa shape index (κ1) is 20.4. The number of ketones is 1. The predicted molar refractivity (Wildman–Crippen MR) is 113 cm³/mol. The molecule has 3 heterocycles. The average Bonchev–Trinajstić information content (AvgIpc) is 2.80. The minimum Gasteiger partial charge on any atom is -0.481 e. The Morgan fingerprint density at radius 1 is 0.897 bits per heavy atom. The van der Waals surface area contributed by atoms with Crippen molar-refractivity contribution >= 4 is 17.4 Å². The maximum Gasteiger partial charge on any atom is 0.306 e. The SMILES string of the molecule is O=C(O)C1CCN(c2ccc(C(=O)C3(C4CCNCC4)CCNCC3)cc2)CC1. The van der Waals surface area contributed by atoms with Crippen LogP contribution >= 0.6 is 0 Å². The normalized spacial score (nSPS) is 23.7. The number of piperidine rings is 3. The predicted octanol–water partition coefficient (Wildman–Crippen LogP) is 2.54. The summed E-state index contributed by atoms with van der Waals surface area (Å²) in [7, 11) is 0. The smallest absolute Gasteiger partial charge is 0.306 e. The molecule has 6 nitrogen and oxygen atoms in total. The van der Waals surface area contributed by atoms with Gasteiger partial charge in [0.15, 0.2) is 5.78 Å². The van der Waals surface area contributed by atoms with Crippen LogP contribution in [-0.4, -0.2) is 56.1 Å². The van der Waals surface area contributed by atoms with Crippen LogP contribution in [0.25, 0.3) is 0 Å². The summed E-state index contributed by atoms with van der Waals surface area (Å²) >= 11 is 0. The molecule has 0 saturated carbocycles. The van der Waals surface area contributed by atoms with Gasteiger partial charge in [0.05, 0.1) is 5.92 Å². The van der Waals surface area contributed by atoms with Gasteiger partial charge in [-0.15, -0.1) is 0 Å². The third kappa shape index (κ3) is 4.19. The number of rotatable bonds is 5. The molecule has 0 aliphatic carbocycles. The molecule has 1 aromatic carbocycles. The van der Waals surface area contributed by atoms with Crippen molar-refractivity contribution in [2.75, 3.05) is 44.2 Å². The van der Waals surface area contributed by atoms with E-state index in [-0.39, 0.29) is 11.3 Å². The molecule has 29 heavy (non-hydrogen) atoms. The molecular formula is C23H33N3O3. The van der Waals surface area contributed by atoms with E-state index >= 15 is 0 Å². The van der Waals surface area contributed by atoms with Crippen molar-refractivity contribution in [1.29, 1.82) is 0 Å². The number of hydrogen-bond acceptors (Lipinski definition) is 5. The highest BCUT2D eigenvalue weighted by Crippen LogP contribution is 2.44. The maximum atomic E-state index is 13.7. The van der Waals surface area contributed by atoms with Gasteiger partial charge >= 0.3 is 5.97 Å². The van der Waals surface area contributed by atoms with E-state index in [0.29, 0.717) is 24.5 Å². The van der Waals surface area contributed by atoms with Gasteiger partial charge in [0.25, 0.3) is 0 Å². The zero-order valence-corrected chi connectivity index (χ0v) is 17.2. The molecule has 0 amide bonds. The van der Waals surface area contributed by atoms with Crippen LogP contribution in [0.1, 0.15) is 48.9 Å². The number of benzene rings is 1. The van der Waals surface area contributed by atoms with E-state index < -0.39 is 5.97 Å². The van der Waals surface area contributed by atoms with Crippen LogP contribution in [0.5, 0.6) is 0 Å². The van der Waals surface area contributed by atoms with Gasteiger partial charge in [0.1, 0.15) is 0 Å². The van der Waals surface area contributed by atoms with Gasteiger partial charge in [-0.05, 0) is 94.9 Å². The summed E-state index contributed by atoms with van der Waals surface area (Å²) in [5, 5.41) is 16.1. The van der Waals surface area contributed by atoms with Crippen LogP contribution in [0, 0.1) is 17.3 Å². The summed E-state index contributed by atoms with van der Waals surface area (Å²) in [5.41, 5.74) is 1.69. The van der Waals surface area contributed by atoms with E-state index in [9.17, 15) is 14.7 Å². The topological polar surface area (TPSA) is 81.7 Å². The number of carboxylic acids is 1. The lowest BCUT2D eigenvalue weighted by Gasteiger charge is -2.44. The highest BCUT2D eigenvalue weighted by Gasteiger charge is 2.46. The second-order valence-electron chi connectivity index (χ2n) is 8.91. The first-order valence-electron chi connectivity index (χ1n) is 11.1. The zero-order valence-electron chi connectivity index (χ0n) is 17.2.